The van der Waals surface area contributed by atoms with Crippen molar-refractivity contribution in [3.05, 3.63) is 35.9 Å². The van der Waals surface area contributed by atoms with Crippen LogP contribution in [0.3, 0.4) is 0 Å². The summed E-state index contributed by atoms with van der Waals surface area (Å²) in [6.07, 6.45) is -0.512. The molecule has 20 heavy (non-hydrogen) atoms. The number of β-amino-alcohol motifs (C(OH)–C–C–N with tert-alkyl or cyclic N) is 1. The van der Waals surface area contributed by atoms with Crippen LogP contribution in [0, 0.1) is 5.92 Å². The highest BCUT2D eigenvalue weighted by molar-refractivity contribution is 6.08. The first-order valence-electron chi connectivity index (χ1n) is 6.94. The zero-order valence-corrected chi connectivity index (χ0v) is 12.2. The molecule has 1 aromatic carbocycles. The number of likely N-dealkylation sites (tertiary alicyclic amines) is 1. The Morgan fingerprint density at radius 1 is 1.25 bits per heavy atom. The van der Waals surface area contributed by atoms with Crippen molar-refractivity contribution in [2.45, 2.75) is 38.7 Å². The third-order valence-corrected chi connectivity index (χ3v) is 4.07. The van der Waals surface area contributed by atoms with Crippen molar-refractivity contribution in [3.8, 4) is 0 Å². The first kappa shape index (κ1) is 14.7. The van der Waals surface area contributed by atoms with Gasteiger partial charge in [-0.15, -0.1) is 0 Å². The van der Waals surface area contributed by atoms with Gasteiger partial charge < -0.3 is 5.11 Å². The van der Waals surface area contributed by atoms with Crippen LogP contribution in [0.15, 0.2) is 30.3 Å². The molecule has 0 aromatic heterocycles. The molecule has 108 valence electrons. The van der Waals surface area contributed by atoms with E-state index in [0.29, 0.717) is 0 Å². The summed E-state index contributed by atoms with van der Waals surface area (Å²) >= 11 is 0. The van der Waals surface area contributed by atoms with E-state index in [1.165, 1.54) is 4.90 Å². The number of hydrogen-bond acceptors (Lipinski definition) is 3. The van der Waals surface area contributed by atoms with Crippen molar-refractivity contribution < 1.29 is 14.7 Å². The summed E-state index contributed by atoms with van der Waals surface area (Å²) in [5, 5.41) is 9.92. The minimum Gasteiger partial charge on any atom is -0.391 e. The Morgan fingerprint density at radius 3 is 2.40 bits per heavy atom. The van der Waals surface area contributed by atoms with Crippen LogP contribution in [0.1, 0.15) is 32.8 Å². The summed E-state index contributed by atoms with van der Waals surface area (Å²) in [7, 11) is 0. The fraction of sp³-hybridized carbons (Fsp3) is 0.500. The lowest BCUT2D eigenvalue weighted by Gasteiger charge is -2.25. The molecule has 2 unspecified atom stereocenters. The zero-order chi connectivity index (χ0) is 14.9. The van der Waals surface area contributed by atoms with Crippen molar-refractivity contribution in [2.24, 2.45) is 5.92 Å². The van der Waals surface area contributed by atoms with Gasteiger partial charge in [-0.25, -0.2) is 0 Å². The predicted molar refractivity (Wildman–Crippen MR) is 76.0 cm³/mol. The lowest BCUT2D eigenvalue weighted by molar-refractivity contribution is -0.141. The number of benzene rings is 1. The molecule has 1 aromatic rings. The molecule has 2 amide bonds. The monoisotopic (exact) mass is 275 g/mol. The third kappa shape index (κ3) is 2.48. The second kappa shape index (κ2) is 5.37. The van der Waals surface area contributed by atoms with Crippen molar-refractivity contribution in [1.82, 2.24) is 4.90 Å². The molecule has 2 atom stereocenters. The molecule has 1 aliphatic rings. The maximum atomic E-state index is 12.6. The predicted octanol–water partition coefficient (Wildman–Crippen LogP) is 1.72. The minimum absolute atomic E-state index is 0.0131. The van der Waals surface area contributed by atoms with Gasteiger partial charge in [-0.3, -0.25) is 14.5 Å². The van der Waals surface area contributed by atoms with Crippen molar-refractivity contribution >= 4 is 11.8 Å². The largest absolute Gasteiger partial charge is 0.391 e. The molecule has 1 saturated heterocycles. The van der Waals surface area contributed by atoms with E-state index < -0.39 is 11.5 Å². The first-order valence-corrected chi connectivity index (χ1v) is 6.94. The number of aliphatic hydroxyl groups is 1. The Kier molecular flexibility index (Phi) is 3.95. The van der Waals surface area contributed by atoms with E-state index in [0.717, 1.165) is 5.56 Å². The van der Waals surface area contributed by atoms with Crippen LogP contribution in [0.5, 0.6) is 0 Å². The topological polar surface area (TPSA) is 57.6 Å². The van der Waals surface area contributed by atoms with Gasteiger partial charge >= 0.3 is 0 Å². The van der Waals surface area contributed by atoms with Gasteiger partial charge in [0.15, 0.2) is 0 Å². The number of nitrogens with zero attached hydrogens (tertiary/aromatic N) is 1. The van der Waals surface area contributed by atoms with Crippen LogP contribution in [0.4, 0.5) is 0 Å². The van der Waals surface area contributed by atoms with Crippen LogP contribution >= 0.6 is 0 Å². The lowest BCUT2D eigenvalue weighted by atomic mass is 9.81. The van der Waals surface area contributed by atoms with Gasteiger partial charge in [0.1, 0.15) is 0 Å². The van der Waals surface area contributed by atoms with Crippen LogP contribution in [0.25, 0.3) is 0 Å². The average molecular weight is 275 g/mol. The van der Waals surface area contributed by atoms with E-state index in [4.69, 9.17) is 0 Å². The Bertz CT molecular complexity index is 512. The van der Waals surface area contributed by atoms with Crippen LogP contribution < -0.4 is 0 Å². The molecule has 1 heterocycles. The van der Waals surface area contributed by atoms with Gasteiger partial charge in [-0.2, -0.15) is 0 Å². The van der Waals surface area contributed by atoms with E-state index >= 15 is 0 Å². The van der Waals surface area contributed by atoms with Gasteiger partial charge in [-0.05, 0) is 18.4 Å². The number of carbonyl (C=O) groups is 2. The maximum absolute atomic E-state index is 12.6. The van der Waals surface area contributed by atoms with E-state index in [1.807, 2.05) is 44.2 Å². The molecule has 1 fully saturated rings. The molecule has 2 rings (SSSR count). The Hall–Kier alpha value is -1.68. The second-order valence-electron chi connectivity index (χ2n) is 6.00. The summed E-state index contributed by atoms with van der Waals surface area (Å²) in [5.41, 5.74) is 0.0366. The molecule has 0 bridgehead atoms. The number of hydrogen-bond donors (Lipinski definition) is 1. The fourth-order valence-electron chi connectivity index (χ4n) is 2.50. The summed E-state index contributed by atoms with van der Waals surface area (Å²) < 4.78 is 0. The second-order valence-corrected chi connectivity index (χ2v) is 6.00. The highest BCUT2D eigenvalue weighted by atomic mass is 16.3. The molecular formula is C16H21NO3. The standard InChI is InChI=1S/C16H21NO3/c1-11(2)13(18)10-17-14(19)9-16(3,15(17)20)12-7-5-4-6-8-12/h4-8,11,13,18H,9-10H2,1-3H3. The molecule has 1 aliphatic heterocycles. The van der Waals surface area contributed by atoms with Gasteiger partial charge in [0.05, 0.1) is 18.1 Å². The molecule has 1 N–H and O–H groups in total. The quantitative estimate of drug-likeness (QED) is 0.851. The lowest BCUT2D eigenvalue weighted by Crippen LogP contribution is -2.42. The van der Waals surface area contributed by atoms with Gasteiger partial charge in [-0.1, -0.05) is 44.2 Å². The SMILES string of the molecule is CC(C)C(O)CN1C(=O)CC(C)(c2ccccc2)C1=O. The molecule has 0 saturated carbocycles. The third-order valence-electron chi connectivity index (χ3n) is 4.07. The minimum atomic E-state index is -0.810. The van der Waals surface area contributed by atoms with Gasteiger partial charge in [0, 0.05) is 6.42 Å². The molecule has 4 nitrogen and oxygen atoms in total. The Labute approximate surface area is 119 Å². The number of rotatable bonds is 4. The fourth-order valence-corrected chi connectivity index (χ4v) is 2.50. The van der Waals surface area contributed by atoms with Gasteiger partial charge in [0.25, 0.3) is 0 Å². The zero-order valence-electron chi connectivity index (χ0n) is 12.2. The first-order chi connectivity index (χ1) is 9.36. The summed E-state index contributed by atoms with van der Waals surface area (Å²) in [4.78, 5) is 25.9. The van der Waals surface area contributed by atoms with E-state index in [1.54, 1.807) is 6.92 Å². The highest BCUT2D eigenvalue weighted by Crippen LogP contribution is 2.36. The van der Waals surface area contributed by atoms with Crippen molar-refractivity contribution in [2.75, 3.05) is 6.54 Å². The number of aliphatic hydroxyl groups excluding tert-OH is 1. The number of carbonyl (C=O) groups excluding carboxylic acids is 2. The molecule has 0 aliphatic carbocycles. The molecular weight excluding hydrogens is 254 g/mol. The number of amides is 2. The number of imide groups is 1. The van der Waals surface area contributed by atoms with Crippen LogP contribution in [-0.4, -0.2) is 34.5 Å². The molecule has 0 radical (unpaired) electrons. The smallest absolute Gasteiger partial charge is 0.240 e. The highest BCUT2D eigenvalue weighted by Gasteiger charge is 2.49. The summed E-state index contributed by atoms with van der Waals surface area (Å²) in [5.74, 6) is -0.409. The maximum Gasteiger partial charge on any atom is 0.240 e. The average Bonchev–Trinajstić information content (AvgIpc) is 2.64. The Balaban J connectivity index is 2.25. The molecule has 0 spiro atoms. The normalized spacial score (nSPS) is 24.6. The van der Waals surface area contributed by atoms with Crippen LogP contribution in [-0.2, 0) is 15.0 Å². The van der Waals surface area contributed by atoms with Gasteiger partial charge in [0.2, 0.25) is 11.8 Å². The summed E-state index contributed by atoms with van der Waals surface area (Å²) in [6, 6.07) is 9.35. The molecule has 4 heteroatoms. The summed E-state index contributed by atoms with van der Waals surface area (Å²) in [6.45, 7) is 5.61. The van der Waals surface area contributed by atoms with Crippen molar-refractivity contribution in [1.29, 1.82) is 0 Å². The van der Waals surface area contributed by atoms with Crippen molar-refractivity contribution in [3.63, 3.8) is 0 Å². The van der Waals surface area contributed by atoms with E-state index in [9.17, 15) is 14.7 Å². The van der Waals surface area contributed by atoms with E-state index in [2.05, 4.69) is 0 Å². The Morgan fingerprint density at radius 2 is 1.85 bits per heavy atom. The van der Waals surface area contributed by atoms with Crippen LogP contribution in [0.2, 0.25) is 0 Å². The van der Waals surface area contributed by atoms with E-state index in [-0.39, 0.29) is 30.7 Å².